The number of likely N-dealkylation sites (tertiary alicyclic amines) is 1. The van der Waals surface area contributed by atoms with Crippen LogP contribution in [0.15, 0.2) is 12.1 Å². The van der Waals surface area contributed by atoms with Gasteiger partial charge < -0.3 is 14.5 Å². The molecule has 2 heterocycles. The van der Waals surface area contributed by atoms with Crippen LogP contribution in [0.3, 0.4) is 0 Å². The second kappa shape index (κ2) is 7.34. The lowest BCUT2D eigenvalue weighted by Gasteiger charge is -2.35. The van der Waals surface area contributed by atoms with E-state index in [-0.39, 0.29) is 6.09 Å². The average molecular weight is 341 g/mol. The van der Waals surface area contributed by atoms with Gasteiger partial charge in [-0.25, -0.2) is 4.79 Å². The number of hydrogen-bond acceptors (Lipinski definition) is 5. The van der Waals surface area contributed by atoms with Crippen molar-refractivity contribution < 1.29 is 9.53 Å². The smallest absolute Gasteiger partial charge is 0.410 e. The van der Waals surface area contributed by atoms with Crippen LogP contribution in [-0.4, -0.2) is 53.5 Å². The van der Waals surface area contributed by atoms with Gasteiger partial charge in [-0.2, -0.15) is 0 Å². The Labute approximate surface area is 142 Å². The highest BCUT2D eigenvalue weighted by molar-refractivity contribution is 6.29. The number of anilines is 1. The van der Waals surface area contributed by atoms with Crippen molar-refractivity contribution in [3.63, 3.8) is 0 Å². The van der Waals surface area contributed by atoms with E-state index in [9.17, 15) is 4.79 Å². The van der Waals surface area contributed by atoms with Crippen molar-refractivity contribution >= 4 is 23.5 Å². The van der Waals surface area contributed by atoms with Crippen molar-refractivity contribution in [2.75, 3.05) is 31.6 Å². The van der Waals surface area contributed by atoms with Crippen molar-refractivity contribution in [1.82, 2.24) is 15.1 Å². The summed E-state index contributed by atoms with van der Waals surface area (Å²) in [6.45, 7) is 8.02. The summed E-state index contributed by atoms with van der Waals surface area (Å²) in [5, 5.41) is 8.35. The van der Waals surface area contributed by atoms with Gasteiger partial charge in [0.05, 0.1) is 0 Å². The number of carbonyl (C=O) groups is 1. The van der Waals surface area contributed by atoms with Gasteiger partial charge in [0.1, 0.15) is 5.60 Å². The molecule has 1 fully saturated rings. The lowest BCUT2D eigenvalue weighted by molar-refractivity contribution is 0.0186. The SMILES string of the molecule is CN(CC1CCN(C(=O)OC(C)(C)C)CC1)c1ccc(Cl)nn1. The first-order valence-corrected chi connectivity index (χ1v) is 8.31. The van der Waals surface area contributed by atoms with Gasteiger partial charge in [0, 0.05) is 26.7 Å². The van der Waals surface area contributed by atoms with Crippen LogP contribution in [0.4, 0.5) is 10.6 Å². The molecule has 1 aromatic heterocycles. The average Bonchev–Trinajstić information content (AvgIpc) is 2.46. The number of amides is 1. The van der Waals surface area contributed by atoms with Crippen molar-refractivity contribution in [1.29, 1.82) is 0 Å². The molecule has 0 bridgehead atoms. The van der Waals surface area contributed by atoms with E-state index >= 15 is 0 Å². The largest absolute Gasteiger partial charge is 0.444 e. The van der Waals surface area contributed by atoms with Crippen LogP contribution < -0.4 is 4.90 Å². The number of halogens is 1. The van der Waals surface area contributed by atoms with Crippen LogP contribution in [0.2, 0.25) is 5.15 Å². The minimum absolute atomic E-state index is 0.215. The predicted molar refractivity (Wildman–Crippen MR) is 90.8 cm³/mol. The normalized spacial score (nSPS) is 16.3. The minimum atomic E-state index is -0.443. The van der Waals surface area contributed by atoms with Gasteiger partial charge in [-0.05, 0) is 51.7 Å². The summed E-state index contributed by atoms with van der Waals surface area (Å²) in [6.07, 6.45) is 1.71. The molecule has 0 aromatic carbocycles. The van der Waals surface area contributed by atoms with Gasteiger partial charge in [-0.15, -0.1) is 10.2 Å². The fourth-order valence-electron chi connectivity index (χ4n) is 2.62. The zero-order valence-corrected chi connectivity index (χ0v) is 15.0. The molecule has 7 heteroatoms. The second-order valence-corrected chi connectivity index (χ2v) is 7.39. The Bertz CT molecular complexity index is 522. The number of ether oxygens (including phenoxy) is 1. The first-order valence-electron chi connectivity index (χ1n) is 7.93. The van der Waals surface area contributed by atoms with E-state index in [2.05, 4.69) is 15.1 Å². The maximum absolute atomic E-state index is 12.1. The molecule has 23 heavy (non-hydrogen) atoms. The van der Waals surface area contributed by atoms with E-state index in [1.165, 1.54) is 0 Å². The third-order valence-electron chi connectivity index (χ3n) is 3.81. The summed E-state index contributed by atoms with van der Waals surface area (Å²) < 4.78 is 5.42. The van der Waals surface area contributed by atoms with Crippen molar-refractivity contribution in [3.8, 4) is 0 Å². The Kier molecular flexibility index (Phi) is 5.68. The van der Waals surface area contributed by atoms with Gasteiger partial charge in [-0.3, -0.25) is 0 Å². The maximum Gasteiger partial charge on any atom is 0.410 e. The number of rotatable bonds is 3. The molecule has 0 spiro atoms. The van der Waals surface area contributed by atoms with Gasteiger partial charge in [-0.1, -0.05) is 11.6 Å². The zero-order chi connectivity index (χ0) is 17.0. The number of piperidine rings is 1. The molecule has 1 aromatic rings. The summed E-state index contributed by atoms with van der Waals surface area (Å²) in [5.74, 6) is 1.33. The standard InChI is InChI=1S/C16H25ClN4O2/c1-16(2,3)23-15(22)21-9-7-12(8-10-21)11-20(4)14-6-5-13(17)18-19-14/h5-6,12H,7-11H2,1-4H3. The third kappa shape index (κ3) is 5.53. The number of aromatic nitrogens is 2. The Morgan fingerprint density at radius 3 is 2.52 bits per heavy atom. The molecule has 1 amide bonds. The van der Waals surface area contributed by atoms with Gasteiger partial charge >= 0.3 is 6.09 Å². The van der Waals surface area contributed by atoms with Gasteiger partial charge in [0.2, 0.25) is 0 Å². The molecule has 128 valence electrons. The van der Waals surface area contributed by atoms with Crippen molar-refractivity contribution in [2.24, 2.45) is 5.92 Å². The highest BCUT2D eigenvalue weighted by atomic mass is 35.5. The maximum atomic E-state index is 12.1. The molecule has 1 aliphatic heterocycles. The van der Waals surface area contributed by atoms with E-state index in [1.807, 2.05) is 33.9 Å². The third-order valence-corrected chi connectivity index (χ3v) is 4.01. The van der Waals surface area contributed by atoms with E-state index in [0.29, 0.717) is 11.1 Å². The highest BCUT2D eigenvalue weighted by Crippen LogP contribution is 2.22. The van der Waals surface area contributed by atoms with Crippen LogP contribution in [0.25, 0.3) is 0 Å². The molecule has 0 N–H and O–H groups in total. The van der Waals surface area contributed by atoms with Gasteiger partial charge in [0.15, 0.2) is 11.0 Å². The lowest BCUT2D eigenvalue weighted by Crippen LogP contribution is -2.43. The molecule has 1 aliphatic rings. The Morgan fingerprint density at radius 2 is 2.00 bits per heavy atom. The second-order valence-electron chi connectivity index (χ2n) is 7.01. The number of carbonyl (C=O) groups excluding carboxylic acids is 1. The molecule has 0 aliphatic carbocycles. The minimum Gasteiger partial charge on any atom is -0.444 e. The molecular weight excluding hydrogens is 316 g/mol. The predicted octanol–water partition coefficient (Wildman–Crippen LogP) is 3.21. The monoisotopic (exact) mass is 340 g/mol. The van der Waals surface area contributed by atoms with E-state index in [1.54, 1.807) is 11.0 Å². The fourth-order valence-corrected chi connectivity index (χ4v) is 2.72. The number of hydrogen-bond donors (Lipinski definition) is 0. The van der Waals surface area contributed by atoms with Crippen LogP contribution in [0.1, 0.15) is 33.6 Å². The van der Waals surface area contributed by atoms with Crippen molar-refractivity contribution in [2.45, 2.75) is 39.2 Å². The Morgan fingerprint density at radius 1 is 1.35 bits per heavy atom. The fraction of sp³-hybridized carbons (Fsp3) is 0.688. The molecule has 0 saturated carbocycles. The summed E-state index contributed by atoms with van der Waals surface area (Å²) in [5.41, 5.74) is -0.443. The lowest BCUT2D eigenvalue weighted by atomic mass is 9.96. The van der Waals surface area contributed by atoms with Crippen LogP contribution >= 0.6 is 11.6 Å². The topological polar surface area (TPSA) is 58.6 Å². The number of nitrogens with zero attached hydrogens (tertiary/aromatic N) is 4. The molecule has 6 nitrogen and oxygen atoms in total. The van der Waals surface area contributed by atoms with Crippen LogP contribution in [0.5, 0.6) is 0 Å². The van der Waals surface area contributed by atoms with Crippen LogP contribution in [0, 0.1) is 5.92 Å². The molecule has 0 radical (unpaired) electrons. The van der Waals surface area contributed by atoms with Gasteiger partial charge in [0.25, 0.3) is 0 Å². The van der Waals surface area contributed by atoms with E-state index in [0.717, 1.165) is 38.3 Å². The first kappa shape index (κ1) is 17.8. The van der Waals surface area contributed by atoms with Crippen LogP contribution in [-0.2, 0) is 4.74 Å². The Balaban J connectivity index is 1.80. The summed E-state index contributed by atoms with van der Waals surface area (Å²) in [4.78, 5) is 15.9. The molecule has 2 rings (SSSR count). The van der Waals surface area contributed by atoms with E-state index in [4.69, 9.17) is 16.3 Å². The first-order chi connectivity index (χ1) is 10.7. The molecule has 1 saturated heterocycles. The molecular formula is C16H25ClN4O2. The summed E-state index contributed by atoms with van der Waals surface area (Å²) in [6, 6.07) is 3.61. The molecule has 0 unspecified atom stereocenters. The summed E-state index contributed by atoms with van der Waals surface area (Å²) in [7, 11) is 2.00. The van der Waals surface area contributed by atoms with Crippen molar-refractivity contribution in [3.05, 3.63) is 17.3 Å². The Hall–Kier alpha value is -1.56. The quantitative estimate of drug-likeness (QED) is 0.845. The zero-order valence-electron chi connectivity index (χ0n) is 14.3. The summed E-state index contributed by atoms with van der Waals surface area (Å²) >= 11 is 5.76. The molecule has 0 atom stereocenters. The van der Waals surface area contributed by atoms with E-state index < -0.39 is 5.60 Å². The highest BCUT2D eigenvalue weighted by Gasteiger charge is 2.27.